The molecule has 1 saturated carbocycles. The standard InChI is InChI=1S/C17H19NO4/c1-10-6-13(22-9-16(19)20)4-5-15(10)18-17(21)14-8-11-2-3-12(14)7-11/h2-6,11-12,14H,7-9H2,1H3,(H,18,21)(H,19,20). The number of carbonyl (C=O) groups excluding carboxylic acids is 1. The predicted octanol–water partition coefficient (Wildman–Crippen LogP) is 2.61. The highest BCUT2D eigenvalue weighted by Gasteiger charge is 2.39. The Kier molecular flexibility index (Phi) is 3.88. The van der Waals surface area contributed by atoms with E-state index in [1.54, 1.807) is 18.2 Å². The number of fused-ring (bicyclic) bond motifs is 2. The van der Waals surface area contributed by atoms with Crippen molar-refractivity contribution < 1.29 is 19.4 Å². The molecule has 5 nitrogen and oxygen atoms in total. The van der Waals surface area contributed by atoms with Gasteiger partial charge in [-0.15, -0.1) is 0 Å². The molecule has 22 heavy (non-hydrogen) atoms. The number of hydrogen-bond acceptors (Lipinski definition) is 3. The van der Waals surface area contributed by atoms with Crippen LogP contribution in [0, 0.1) is 24.7 Å². The average molecular weight is 301 g/mol. The van der Waals surface area contributed by atoms with Gasteiger partial charge in [-0.2, -0.15) is 0 Å². The lowest BCUT2D eigenvalue weighted by atomic mass is 9.92. The van der Waals surface area contributed by atoms with Crippen molar-refractivity contribution in [3.63, 3.8) is 0 Å². The lowest BCUT2D eigenvalue weighted by Gasteiger charge is -2.18. The predicted molar refractivity (Wildman–Crippen MR) is 81.8 cm³/mol. The van der Waals surface area contributed by atoms with Crippen molar-refractivity contribution in [3.05, 3.63) is 35.9 Å². The molecule has 2 aliphatic rings. The summed E-state index contributed by atoms with van der Waals surface area (Å²) in [6.07, 6.45) is 6.41. The van der Waals surface area contributed by atoms with E-state index in [2.05, 4.69) is 17.5 Å². The normalized spacial score (nSPS) is 25.2. The first-order chi connectivity index (χ1) is 10.5. The second-order valence-corrected chi connectivity index (χ2v) is 6.04. The van der Waals surface area contributed by atoms with Gasteiger partial charge in [0.2, 0.25) is 5.91 Å². The van der Waals surface area contributed by atoms with Gasteiger partial charge in [0.15, 0.2) is 6.61 Å². The van der Waals surface area contributed by atoms with Crippen LogP contribution in [0.25, 0.3) is 0 Å². The molecule has 3 atom stereocenters. The summed E-state index contributed by atoms with van der Waals surface area (Å²) in [5, 5.41) is 11.6. The van der Waals surface area contributed by atoms with Gasteiger partial charge in [-0.05, 0) is 55.4 Å². The second kappa shape index (κ2) is 5.83. The maximum absolute atomic E-state index is 12.4. The fourth-order valence-corrected chi connectivity index (χ4v) is 3.32. The highest BCUT2D eigenvalue weighted by atomic mass is 16.5. The Morgan fingerprint density at radius 3 is 2.73 bits per heavy atom. The van der Waals surface area contributed by atoms with Crippen molar-refractivity contribution in [2.75, 3.05) is 11.9 Å². The number of ether oxygens (including phenoxy) is 1. The molecule has 0 saturated heterocycles. The molecule has 1 aromatic rings. The number of aliphatic carboxylic acids is 1. The number of hydrogen-bond donors (Lipinski definition) is 2. The maximum Gasteiger partial charge on any atom is 0.341 e. The van der Waals surface area contributed by atoms with Crippen molar-refractivity contribution in [1.82, 2.24) is 0 Å². The van der Waals surface area contributed by atoms with Crippen molar-refractivity contribution >= 4 is 17.6 Å². The summed E-state index contributed by atoms with van der Waals surface area (Å²) in [6.45, 7) is 1.49. The molecule has 116 valence electrons. The largest absolute Gasteiger partial charge is 0.482 e. The van der Waals surface area contributed by atoms with Crippen molar-refractivity contribution in [1.29, 1.82) is 0 Å². The van der Waals surface area contributed by atoms with Gasteiger partial charge >= 0.3 is 5.97 Å². The minimum absolute atomic E-state index is 0.0670. The van der Waals surface area contributed by atoms with Crippen LogP contribution in [0.1, 0.15) is 18.4 Å². The average Bonchev–Trinajstić information content (AvgIpc) is 3.10. The van der Waals surface area contributed by atoms with Crippen LogP contribution in [0.5, 0.6) is 5.75 Å². The molecule has 2 N–H and O–H groups in total. The molecule has 0 radical (unpaired) electrons. The Hall–Kier alpha value is -2.30. The topological polar surface area (TPSA) is 75.6 Å². The summed E-state index contributed by atoms with van der Waals surface area (Å²) >= 11 is 0. The number of carboxylic acids is 1. The van der Waals surface area contributed by atoms with Gasteiger partial charge in [-0.3, -0.25) is 4.79 Å². The number of aryl methyl sites for hydroxylation is 1. The third-order valence-corrected chi connectivity index (χ3v) is 4.43. The van der Waals surface area contributed by atoms with Crippen LogP contribution in [0.2, 0.25) is 0 Å². The molecule has 1 aromatic carbocycles. The zero-order chi connectivity index (χ0) is 15.7. The van der Waals surface area contributed by atoms with Crippen LogP contribution < -0.4 is 10.1 Å². The Bertz CT molecular complexity index is 638. The summed E-state index contributed by atoms with van der Waals surface area (Å²) in [6, 6.07) is 5.17. The van der Waals surface area contributed by atoms with E-state index in [-0.39, 0.29) is 18.4 Å². The lowest BCUT2D eigenvalue weighted by molar-refractivity contribution is -0.139. The maximum atomic E-state index is 12.4. The summed E-state index contributed by atoms with van der Waals surface area (Å²) < 4.78 is 5.13. The van der Waals surface area contributed by atoms with E-state index in [9.17, 15) is 9.59 Å². The number of anilines is 1. The van der Waals surface area contributed by atoms with Gasteiger partial charge in [-0.1, -0.05) is 12.2 Å². The van der Waals surface area contributed by atoms with E-state index in [4.69, 9.17) is 9.84 Å². The molecule has 0 aromatic heterocycles. The summed E-state index contributed by atoms with van der Waals surface area (Å²) in [5.41, 5.74) is 1.61. The second-order valence-electron chi connectivity index (χ2n) is 6.04. The van der Waals surface area contributed by atoms with Gasteiger partial charge in [-0.25, -0.2) is 4.79 Å². The number of amides is 1. The van der Waals surface area contributed by atoms with Gasteiger partial charge in [0.1, 0.15) is 5.75 Å². The first-order valence-corrected chi connectivity index (χ1v) is 7.47. The molecule has 3 unspecified atom stereocenters. The third kappa shape index (κ3) is 2.98. The van der Waals surface area contributed by atoms with Gasteiger partial charge in [0, 0.05) is 11.6 Å². The molecule has 3 rings (SSSR count). The van der Waals surface area contributed by atoms with Crippen molar-refractivity contribution in [3.8, 4) is 5.75 Å². The Morgan fingerprint density at radius 2 is 2.14 bits per heavy atom. The smallest absolute Gasteiger partial charge is 0.341 e. The number of benzene rings is 1. The minimum atomic E-state index is -1.01. The Morgan fingerprint density at radius 1 is 1.32 bits per heavy atom. The molecule has 1 fully saturated rings. The molecule has 0 heterocycles. The summed E-state index contributed by atoms with van der Waals surface area (Å²) in [5.74, 6) is 0.550. The SMILES string of the molecule is Cc1cc(OCC(=O)O)ccc1NC(=O)C1CC2C=CC1C2. The van der Waals surface area contributed by atoms with Crippen LogP contribution in [0.3, 0.4) is 0 Å². The monoisotopic (exact) mass is 301 g/mol. The van der Waals surface area contributed by atoms with E-state index < -0.39 is 5.97 Å². The Balaban J connectivity index is 1.64. The Labute approximate surface area is 129 Å². The highest BCUT2D eigenvalue weighted by Crippen LogP contribution is 2.43. The highest BCUT2D eigenvalue weighted by molar-refractivity contribution is 5.94. The summed E-state index contributed by atoms with van der Waals surface area (Å²) in [4.78, 5) is 22.9. The van der Waals surface area contributed by atoms with E-state index in [0.717, 1.165) is 24.1 Å². The fourth-order valence-electron chi connectivity index (χ4n) is 3.32. The molecular weight excluding hydrogens is 282 g/mol. The quantitative estimate of drug-likeness (QED) is 0.820. The molecule has 0 aliphatic heterocycles. The van der Waals surface area contributed by atoms with Gasteiger partial charge in [0.25, 0.3) is 0 Å². The van der Waals surface area contributed by atoms with E-state index in [1.165, 1.54) is 0 Å². The number of carbonyl (C=O) groups is 2. The number of allylic oxidation sites excluding steroid dienone is 2. The number of carboxylic acid groups (broad SMARTS) is 1. The number of rotatable bonds is 5. The van der Waals surface area contributed by atoms with Crippen LogP contribution in [0.4, 0.5) is 5.69 Å². The van der Waals surface area contributed by atoms with Gasteiger partial charge in [0.05, 0.1) is 0 Å². The van der Waals surface area contributed by atoms with E-state index in [1.807, 2.05) is 6.92 Å². The molecule has 1 amide bonds. The van der Waals surface area contributed by atoms with Crippen molar-refractivity contribution in [2.24, 2.45) is 17.8 Å². The molecule has 2 bridgehead atoms. The first kappa shape index (κ1) is 14.6. The van der Waals surface area contributed by atoms with Gasteiger partial charge < -0.3 is 15.2 Å². The zero-order valence-electron chi connectivity index (χ0n) is 12.4. The lowest BCUT2D eigenvalue weighted by Crippen LogP contribution is -2.26. The van der Waals surface area contributed by atoms with E-state index in [0.29, 0.717) is 17.6 Å². The minimum Gasteiger partial charge on any atom is -0.482 e. The molecule has 5 heteroatoms. The fraction of sp³-hybridized carbons (Fsp3) is 0.412. The number of nitrogens with one attached hydrogen (secondary N) is 1. The zero-order valence-corrected chi connectivity index (χ0v) is 12.4. The van der Waals surface area contributed by atoms with Crippen LogP contribution in [0.15, 0.2) is 30.4 Å². The molecule has 0 spiro atoms. The third-order valence-electron chi connectivity index (χ3n) is 4.43. The van der Waals surface area contributed by atoms with Crippen LogP contribution in [-0.2, 0) is 9.59 Å². The van der Waals surface area contributed by atoms with Crippen LogP contribution in [-0.4, -0.2) is 23.6 Å². The molecular formula is C17H19NO4. The van der Waals surface area contributed by atoms with Crippen molar-refractivity contribution in [2.45, 2.75) is 19.8 Å². The first-order valence-electron chi connectivity index (χ1n) is 7.47. The molecule has 2 aliphatic carbocycles. The summed E-state index contributed by atoms with van der Waals surface area (Å²) in [7, 11) is 0. The van der Waals surface area contributed by atoms with E-state index >= 15 is 0 Å². The van der Waals surface area contributed by atoms with Crippen LogP contribution >= 0.6 is 0 Å².